The fraction of sp³-hybridized carbons (Fsp3) is 0.400. The van der Waals surface area contributed by atoms with Crippen LogP contribution < -0.4 is 5.73 Å². The molecule has 0 heterocycles. The zero-order valence-electron chi connectivity index (χ0n) is 7.81. The summed E-state index contributed by atoms with van der Waals surface area (Å²) in [6.07, 6.45) is 5.58. The highest BCUT2D eigenvalue weighted by Crippen LogP contribution is 2.07. The van der Waals surface area contributed by atoms with Crippen LogP contribution in [-0.2, 0) is 0 Å². The second kappa shape index (κ2) is 4.78. The lowest BCUT2D eigenvalue weighted by Gasteiger charge is -1.96. The summed E-state index contributed by atoms with van der Waals surface area (Å²) in [5.41, 5.74) is 9.08. The Labute approximate surface area is 69.3 Å². The van der Waals surface area contributed by atoms with Crippen LogP contribution in [0.4, 0.5) is 0 Å². The maximum atomic E-state index is 5.24. The molecule has 0 aliphatic carbocycles. The summed E-state index contributed by atoms with van der Waals surface area (Å²) >= 11 is 0. The van der Waals surface area contributed by atoms with Crippen LogP contribution in [0.2, 0.25) is 0 Å². The van der Waals surface area contributed by atoms with Crippen LogP contribution in [0.15, 0.2) is 35.1 Å². The number of hydrogen-bond donors (Lipinski definition) is 1. The number of rotatable bonds is 2. The fourth-order valence-electron chi connectivity index (χ4n) is 0.686. The summed E-state index contributed by atoms with van der Waals surface area (Å²) in [6, 6.07) is 0. The minimum Gasteiger partial charge on any atom is -0.405 e. The average molecular weight is 151 g/mol. The molecule has 0 fully saturated rings. The minimum absolute atomic E-state index is 1.19. The molecule has 1 heteroatoms. The van der Waals surface area contributed by atoms with E-state index in [2.05, 4.69) is 26.8 Å². The van der Waals surface area contributed by atoms with E-state index in [-0.39, 0.29) is 0 Å². The second-order valence-electron chi connectivity index (χ2n) is 2.93. The quantitative estimate of drug-likeness (QED) is 0.603. The number of hydrogen-bond acceptors (Lipinski definition) is 1. The van der Waals surface area contributed by atoms with E-state index >= 15 is 0 Å². The first-order valence-electron chi connectivity index (χ1n) is 3.78. The van der Waals surface area contributed by atoms with Gasteiger partial charge in [0.15, 0.2) is 0 Å². The first-order valence-corrected chi connectivity index (χ1v) is 3.78. The van der Waals surface area contributed by atoms with Gasteiger partial charge >= 0.3 is 0 Å². The third-order valence-corrected chi connectivity index (χ3v) is 1.59. The van der Waals surface area contributed by atoms with Gasteiger partial charge in [0, 0.05) is 0 Å². The molecule has 0 bridgehead atoms. The normalized spacial score (nSPS) is 12.2. The van der Waals surface area contributed by atoms with Crippen molar-refractivity contribution in [3.05, 3.63) is 35.1 Å². The van der Waals surface area contributed by atoms with Crippen LogP contribution in [0, 0.1) is 0 Å². The third-order valence-electron chi connectivity index (χ3n) is 1.59. The SMILES string of the molecule is CC(C)=C(C)/C=C(C)\C=C\N. The molecule has 0 amide bonds. The lowest BCUT2D eigenvalue weighted by molar-refractivity contribution is 1.28. The summed E-state index contributed by atoms with van der Waals surface area (Å²) in [5.74, 6) is 0. The molecule has 0 aliphatic heterocycles. The molecule has 0 saturated carbocycles. The highest BCUT2D eigenvalue weighted by Gasteiger charge is 1.86. The largest absolute Gasteiger partial charge is 0.405 e. The van der Waals surface area contributed by atoms with Gasteiger partial charge < -0.3 is 5.73 Å². The van der Waals surface area contributed by atoms with E-state index in [1.54, 1.807) is 6.20 Å². The maximum absolute atomic E-state index is 5.24. The van der Waals surface area contributed by atoms with Crippen molar-refractivity contribution in [3.8, 4) is 0 Å². The first-order chi connectivity index (χ1) is 5.07. The van der Waals surface area contributed by atoms with Crippen molar-refractivity contribution in [3.63, 3.8) is 0 Å². The zero-order chi connectivity index (χ0) is 8.85. The van der Waals surface area contributed by atoms with Crippen LogP contribution in [0.5, 0.6) is 0 Å². The average Bonchev–Trinajstić information content (AvgIpc) is 1.87. The van der Waals surface area contributed by atoms with Crippen LogP contribution in [0.25, 0.3) is 0 Å². The van der Waals surface area contributed by atoms with E-state index < -0.39 is 0 Å². The highest BCUT2D eigenvalue weighted by atomic mass is 14.5. The molecule has 0 saturated heterocycles. The molecule has 0 spiro atoms. The topological polar surface area (TPSA) is 26.0 Å². The van der Waals surface area contributed by atoms with Crippen LogP contribution in [0.3, 0.4) is 0 Å². The Morgan fingerprint density at radius 3 is 2.00 bits per heavy atom. The predicted octanol–water partition coefficient (Wildman–Crippen LogP) is 2.76. The number of nitrogens with two attached hydrogens (primary N) is 1. The summed E-state index contributed by atoms with van der Waals surface area (Å²) in [6.45, 7) is 8.34. The van der Waals surface area contributed by atoms with E-state index in [0.29, 0.717) is 0 Å². The van der Waals surface area contributed by atoms with Gasteiger partial charge in [0.1, 0.15) is 0 Å². The van der Waals surface area contributed by atoms with Crippen LogP contribution in [-0.4, -0.2) is 0 Å². The fourth-order valence-corrected chi connectivity index (χ4v) is 0.686. The van der Waals surface area contributed by atoms with Crippen molar-refractivity contribution in [2.45, 2.75) is 27.7 Å². The van der Waals surface area contributed by atoms with Gasteiger partial charge in [-0.05, 0) is 45.5 Å². The zero-order valence-corrected chi connectivity index (χ0v) is 7.81. The highest BCUT2D eigenvalue weighted by molar-refractivity contribution is 5.29. The van der Waals surface area contributed by atoms with Gasteiger partial charge in [0.25, 0.3) is 0 Å². The molecule has 2 N–H and O–H groups in total. The Balaban J connectivity index is 4.44. The summed E-state index contributed by atoms with van der Waals surface area (Å²) in [7, 11) is 0. The molecule has 0 rings (SSSR count). The Hall–Kier alpha value is -0.980. The molecule has 0 aromatic carbocycles. The first kappa shape index (κ1) is 10.0. The van der Waals surface area contributed by atoms with Gasteiger partial charge in [-0.2, -0.15) is 0 Å². The molecule has 0 unspecified atom stereocenters. The molecule has 62 valence electrons. The van der Waals surface area contributed by atoms with Gasteiger partial charge in [0.05, 0.1) is 0 Å². The monoisotopic (exact) mass is 151 g/mol. The van der Waals surface area contributed by atoms with E-state index in [9.17, 15) is 0 Å². The van der Waals surface area contributed by atoms with Gasteiger partial charge in [-0.25, -0.2) is 0 Å². The van der Waals surface area contributed by atoms with Crippen LogP contribution in [0.1, 0.15) is 27.7 Å². The Morgan fingerprint density at radius 1 is 1.09 bits per heavy atom. The van der Waals surface area contributed by atoms with Crippen molar-refractivity contribution in [1.82, 2.24) is 0 Å². The standard InChI is InChI=1S/C10H17N/c1-8(2)10(4)7-9(3)5-6-11/h5-7H,11H2,1-4H3/b6-5+,9-7-. The molecule has 0 aromatic rings. The molecule has 0 radical (unpaired) electrons. The molecule has 0 atom stereocenters. The maximum Gasteiger partial charge on any atom is -0.00597 e. The van der Waals surface area contributed by atoms with Crippen molar-refractivity contribution >= 4 is 0 Å². The lowest BCUT2D eigenvalue weighted by Crippen LogP contribution is -1.80. The Kier molecular flexibility index (Phi) is 4.35. The smallest absolute Gasteiger partial charge is 0.00597 e. The van der Waals surface area contributed by atoms with Crippen molar-refractivity contribution in [2.24, 2.45) is 5.73 Å². The molecule has 11 heavy (non-hydrogen) atoms. The second-order valence-corrected chi connectivity index (χ2v) is 2.93. The summed E-state index contributed by atoms with van der Waals surface area (Å²) in [5, 5.41) is 0. The molecule has 0 aromatic heterocycles. The molecular formula is C10H17N. The van der Waals surface area contributed by atoms with Gasteiger partial charge in [-0.15, -0.1) is 0 Å². The lowest BCUT2D eigenvalue weighted by atomic mass is 10.1. The Morgan fingerprint density at radius 2 is 1.64 bits per heavy atom. The van der Waals surface area contributed by atoms with Gasteiger partial charge in [0.2, 0.25) is 0 Å². The van der Waals surface area contributed by atoms with Crippen molar-refractivity contribution in [2.75, 3.05) is 0 Å². The summed E-state index contributed by atoms with van der Waals surface area (Å²) < 4.78 is 0. The molecule has 1 nitrogen and oxygen atoms in total. The predicted molar refractivity (Wildman–Crippen MR) is 51.1 cm³/mol. The van der Waals surface area contributed by atoms with Crippen LogP contribution >= 0.6 is 0 Å². The van der Waals surface area contributed by atoms with Crippen molar-refractivity contribution in [1.29, 1.82) is 0 Å². The summed E-state index contributed by atoms with van der Waals surface area (Å²) in [4.78, 5) is 0. The van der Waals surface area contributed by atoms with E-state index in [1.165, 1.54) is 16.7 Å². The van der Waals surface area contributed by atoms with E-state index in [0.717, 1.165) is 0 Å². The third kappa shape index (κ3) is 4.43. The van der Waals surface area contributed by atoms with Gasteiger partial charge in [-0.1, -0.05) is 17.2 Å². The van der Waals surface area contributed by atoms with E-state index in [4.69, 9.17) is 5.73 Å². The van der Waals surface area contributed by atoms with Crippen molar-refractivity contribution < 1.29 is 0 Å². The minimum atomic E-state index is 1.19. The van der Waals surface area contributed by atoms with E-state index in [1.807, 2.05) is 13.0 Å². The van der Waals surface area contributed by atoms with Gasteiger partial charge in [-0.3, -0.25) is 0 Å². The number of allylic oxidation sites excluding steroid dienone is 5. The molecular weight excluding hydrogens is 134 g/mol. The molecule has 0 aliphatic rings. The Bertz CT molecular complexity index is 203.